The van der Waals surface area contributed by atoms with Crippen molar-refractivity contribution in [3.05, 3.63) is 22.8 Å². The number of rotatable bonds is 5. The number of fused-ring (bicyclic) bond motifs is 4. The Hall–Kier alpha value is -1.50. The summed E-state index contributed by atoms with van der Waals surface area (Å²) in [4.78, 5) is 26.4. The highest BCUT2D eigenvalue weighted by molar-refractivity contribution is 6.00. The van der Waals surface area contributed by atoms with E-state index in [0.717, 1.165) is 25.7 Å². The Labute approximate surface area is 215 Å². The van der Waals surface area contributed by atoms with Crippen LogP contribution in [0, 0.1) is 39.4 Å². The fourth-order valence-electron chi connectivity index (χ4n) is 9.21. The number of carboxylic acid groups (broad SMARTS) is 1. The number of carboxylic acids is 1. The lowest BCUT2D eigenvalue weighted by molar-refractivity contribution is -0.194. The van der Waals surface area contributed by atoms with Crippen molar-refractivity contribution in [2.75, 3.05) is 0 Å². The van der Waals surface area contributed by atoms with Gasteiger partial charge in [0.2, 0.25) is 0 Å². The molecule has 4 aliphatic carbocycles. The first kappa shape index (κ1) is 27.5. The summed E-state index contributed by atoms with van der Waals surface area (Å²) in [6.45, 7) is 14.2. The predicted octanol–water partition coefficient (Wildman–Crippen LogP) is 4.66. The highest BCUT2D eigenvalue weighted by Crippen LogP contribution is 2.71. The molecule has 0 aromatic carbocycles. The second-order valence-corrected chi connectivity index (χ2v) is 13.6. The summed E-state index contributed by atoms with van der Waals surface area (Å²) in [7, 11) is 0. The zero-order valence-corrected chi connectivity index (χ0v) is 23.1. The molecule has 0 saturated heterocycles. The number of hydrogen-bond acceptors (Lipinski definition) is 5. The van der Waals surface area contributed by atoms with Gasteiger partial charge in [0.05, 0.1) is 23.7 Å². The van der Waals surface area contributed by atoms with Crippen LogP contribution >= 0.6 is 0 Å². The van der Waals surface area contributed by atoms with E-state index in [1.165, 1.54) is 12.5 Å². The van der Waals surface area contributed by atoms with Crippen LogP contribution in [-0.4, -0.2) is 50.5 Å². The Morgan fingerprint density at radius 1 is 1.11 bits per heavy atom. The molecule has 0 radical (unpaired) electrons. The highest BCUT2D eigenvalue weighted by Gasteiger charge is 2.70. The number of ketones is 1. The Morgan fingerprint density at radius 2 is 1.75 bits per heavy atom. The molecular weight excluding hydrogens is 456 g/mol. The van der Waals surface area contributed by atoms with E-state index in [4.69, 9.17) is 0 Å². The van der Waals surface area contributed by atoms with Gasteiger partial charge in [-0.15, -0.1) is 0 Å². The molecule has 4 aliphatic rings. The van der Waals surface area contributed by atoms with Gasteiger partial charge in [0, 0.05) is 29.2 Å². The number of carbonyl (C=O) groups is 2. The number of aliphatic hydroxyl groups excluding tert-OH is 3. The highest BCUT2D eigenvalue weighted by atomic mass is 16.4. The number of aliphatic hydroxyl groups is 3. The van der Waals surface area contributed by atoms with Gasteiger partial charge in [-0.2, -0.15) is 0 Å². The van der Waals surface area contributed by atoms with Gasteiger partial charge < -0.3 is 20.4 Å². The van der Waals surface area contributed by atoms with E-state index in [9.17, 15) is 30.0 Å². The minimum atomic E-state index is -1.58. The van der Waals surface area contributed by atoms with Crippen molar-refractivity contribution in [2.24, 2.45) is 39.4 Å². The predicted molar refractivity (Wildman–Crippen MR) is 138 cm³/mol. The molecule has 6 heteroatoms. The summed E-state index contributed by atoms with van der Waals surface area (Å²) in [6, 6.07) is 0. The largest absolute Gasteiger partial charge is 0.481 e. The van der Waals surface area contributed by atoms with E-state index >= 15 is 0 Å². The second kappa shape index (κ2) is 8.78. The van der Waals surface area contributed by atoms with E-state index in [1.807, 2.05) is 6.92 Å². The summed E-state index contributed by atoms with van der Waals surface area (Å²) in [5.74, 6) is -1.28. The fourth-order valence-corrected chi connectivity index (χ4v) is 9.21. The monoisotopic (exact) mass is 502 g/mol. The number of Topliss-reactive ketones (excluding diaryl/α,β-unsaturated/α-hetero) is 1. The average Bonchev–Trinajstić information content (AvgIpc) is 3.04. The first-order valence-corrected chi connectivity index (χ1v) is 13.8. The van der Waals surface area contributed by atoms with E-state index in [0.29, 0.717) is 29.4 Å². The van der Waals surface area contributed by atoms with Crippen molar-refractivity contribution in [3.8, 4) is 0 Å². The normalized spacial score (nSPS) is 47.1. The van der Waals surface area contributed by atoms with Crippen molar-refractivity contribution in [1.29, 1.82) is 0 Å². The Kier molecular flexibility index (Phi) is 6.71. The lowest BCUT2D eigenvalue weighted by atomic mass is 9.41. The third kappa shape index (κ3) is 3.46. The van der Waals surface area contributed by atoms with Gasteiger partial charge in [-0.3, -0.25) is 9.59 Å². The summed E-state index contributed by atoms with van der Waals surface area (Å²) in [6.07, 6.45) is 3.31. The molecule has 6 nitrogen and oxygen atoms in total. The van der Waals surface area contributed by atoms with Gasteiger partial charge in [-0.1, -0.05) is 39.3 Å². The zero-order valence-electron chi connectivity index (χ0n) is 23.1. The van der Waals surface area contributed by atoms with Crippen molar-refractivity contribution in [3.63, 3.8) is 0 Å². The van der Waals surface area contributed by atoms with Crippen LogP contribution < -0.4 is 0 Å². The minimum Gasteiger partial charge on any atom is -0.481 e. The lowest BCUT2D eigenvalue weighted by Crippen LogP contribution is -2.66. The molecule has 0 aromatic rings. The van der Waals surface area contributed by atoms with Crippen LogP contribution in [0.2, 0.25) is 0 Å². The van der Waals surface area contributed by atoms with Gasteiger partial charge in [0.15, 0.2) is 5.78 Å². The van der Waals surface area contributed by atoms with Crippen LogP contribution in [0.15, 0.2) is 22.8 Å². The maximum absolute atomic E-state index is 14.0. The standard InChI is InChI=1S/C30H46O6/c1-16(2)9-8-10-17(3)18-11-12-27(4)24-19(31)13-21-29(6,25(24)20(32)15-28(18,27)5)22(33)14-23(34)30(21,7)26(35)36/h9,17-18,20-23,32-34H,8,10-15H2,1-7H3,(H,35,36)/t17-,18-,20-,21-,22-,23+,27+,28-,29-,30+/m1/s1. The van der Waals surface area contributed by atoms with Gasteiger partial charge in [-0.25, -0.2) is 0 Å². The third-order valence-electron chi connectivity index (χ3n) is 11.7. The molecular formula is C30H46O6. The summed E-state index contributed by atoms with van der Waals surface area (Å²) < 4.78 is 0. The molecule has 0 heterocycles. The third-order valence-corrected chi connectivity index (χ3v) is 11.7. The Balaban J connectivity index is 1.82. The molecule has 4 rings (SSSR count). The molecule has 0 spiro atoms. The number of aliphatic carboxylic acids is 1. The average molecular weight is 503 g/mol. The molecule has 0 aromatic heterocycles. The quantitative estimate of drug-likeness (QED) is 0.406. The number of allylic oxidation sites excluding steroid dienone is 3. The van der Waals surface area contributed by atoms with Crippen LogP contribution in [0.5, 0.6) is 0 Å². The van der Waals surface area contributed by atoms with E-state index in [-0.39, 0.29) is 24.0 Å². The fraction of sp³-hybridized carbons (Fsp3) is 0.800. The maximum Gasteiger partial charge on any atom is 0.312 e. The topological polar surface area (TPSA) is 115 Å². The SMILES string of the molecule is CC(C)=CCC[C@@H](C)[C@H]1CC[C@@]2(C)C3=C([C@H](O)C[C@]12C)[C@]1(C)[C@@H](CC3=O)[C@](C)(C(=O)O)[C@@H](O)C[C@H]1O. The number of carbonyl (C=O) groups excluding carboxylic acids is 1. The molecule has 4 N–H and O–H groups in total. The van der Waals surface area contributed by atoms with E-state index in [2.05, 4.69) is 40.7 Å². The van der Waals surface area contributed by atoms with Crippen molar-refractivity contribution >= 4 is 11.8 Å². The summed E-state index contributed by atoms with van der Waals surface area (Å²) in [5, 5.41) is 44.0. The zero-order chi connectivity index (χ0) is 27.0. The van der Waals surface area contributed by atoms with Gasteiger partial charge >= 0.3 is 5.97 Å². The van der Waals surface area contributed by atoms with Crippen LogP contribution in [0.3, 0.4) is 0 Å². The summed E-state index contributed by atoms with van der Waals surface area (Å²) >= 11 is 0. The molecule has 0 aliphatic heterocycles. The van der Waals surface area contributed by atoms with E-state index in [1.54, 1.807) is 0 Å². The maximum atomic E-state index is 14.0. The molecule has 36 heavy (non-hydrogen) atoms. The minimum absolute atomic E-state index is 0.0363. The molecule has 2 fully saturated rings. The smallest absolute Gasteiger partial charge is 0.312 e. The van der Waals surface area contributed by atoms with Crippen LogP contribution in [-0.2, 0) is 9.59 Å². The van der Waals surface area contributed by atoms with Crippen LogP contribution in [0.4, 0.5) is 0 Å². The van der Waals surface area contributed by atoms with Gasteiger partial charge in [0.25, 0.3) is 0 Å². The first-order valence-electron chi connectivity index (χ1n) is 13.8. The van der Waals surface area contributed by atoms with Crippen molar-refractivity contribution < 1.29 is 30.0 Å². The number of hydrogen-bond donors (Lipinski definition) is 4. The van der Waals surface area contributed by atoms with Crippen LogP contribution in [0.1, 0.15) is 93.4 Å². The first-order chi connectivity index (χ1) is 16.6. The summed E-state index contributed by atoms with van der Waals surface area (Å²) in [5.41, 5.74) is -0.889. The lowest BCUT2D eigenvalue weighted by Gasteiger charge is -2.63. The van der Waals surface area contributed by atoms with Gasteiger partial charge in [0.1, 0.15) is 0 Å². The second-order valence-electron chi connectivity index (χ2n) is 13.6. The molecule has 0 bridgehead atoms. The van der Waals surface area contributed by atoms with E-state index < -0.39 is 46.4 Å². The van der Waals surface area contributed by atoms with Crippen molar-refractivity contribution in [1.82, 2.24) is 0 Å². The Morgan fingerprint density at radius 3 is 2.33 bits per heavy atom. The molecule has 0 amide bonds. The van der Waals surface area contributed by atoms with Crippen LogP contribution in [0.25, 0.3) is 0 Å². The van der Waals surface area contributed by atoms with Crippen molar-refractivity contribution in [2.45, 2.75) is 112 Å². The Bertz CT molecular complexity index is 1010. The van der Waals surface area contributed by atoms with Gasteiger partial charge in [-0.05, 0) is 81.6 Å². The molecule has 2 saturated carbocycles. The molecule has 202 valence electrons. The molecule has 0 unspecified atom stereocenters. The molecule has 10 atom stereocenters.